The van der Waals surface area contributed by atoms with Gasteiger partial charge < -0.3 is 10.6 Å². The monoisotopic (exact) mass is 333 g/mol. The highest BCUT2D eigenvalue weighted by Crippen LogP contribution is 2.29. The SMILES string of the molecule is CC1CCN(C(CNC(=O)Nc2cn[nH]c2)c2cccs2)CC1. The van der Waals surface area contributed by atoms with Crippen molar-refractivity contribution < 1.29 is 4.79 Å². The topological polar surface area (TPSA) is 73.1 Å². The van der Waals surface area contributed by atoms with Crippen LogP contribution in [-0.4, -0.2) is 40.8 Å². The zero-order valence-corrected chi connectivity index (χ0v) is 14.1. The average Bonchev–Trinajstić information content (AvgIpc) is 3.23. The van der Waals surface area contributed by atoms with Gasteiger partial charge in [0, 0.05) is 17.6 Å². The van der Waals surface area contributed by atoms with Crippen molar-refractivity contribution in [1.29, 1.82) is 0 Å². The molecule has 3 N–H and O–H groups in total. The quantitative estimate of drug-likeness (QED) is 0.787. The van der Waals surface area contributed by atoms with Crippen molar-refractivity contribution in [2.45, 2.75) is 25.8 Å². The predicted octanol–water partition coefficient (Wildman–Crippen LogP) is 3.07. The number of likely N-dealkylation sites (tertiary alicyclic amines) is 1. The maximum atomic E-state index is 12.0. The molecule has 2 aromatic rings. The Morgan fingerprint density at radius 1 is 1.52 bits per heavy atom. The van der Waals surface area contributed by atoms with Gasteiger partial charge in [-0.15, -0.1) is 11.3 Å². The molecule has 2 aromatic heterocycles. The number of H-pyrrole nitrogens is 1. The van der Waals surface area contributed by atoms with E-state index in [0.29, 0.717) is 12.2 Å². The second-order valence-electron chi connectivity index (χ2n) is 6.07. The Labute approximate surface area is 140 Å². The molecule has 1 fully saturated rings. The number of aromatic amines is 1. The molecule has 3 heterocycles. The van der Waals surface area contributed by atoms with E-state index in [1.54, 1.807) is 23.7 Å². The summed E-state index contributed by atoms with van der Waals surface area (Å²) in [5, 5.41) is 14.4. The number of nitrogens with one attached hydrogen (secondary N) is 3. The molecule has 0 aromatic carbocycles. The van der Waals surface area contributed by atoms with Crippen molar-refractivity contribution in [3.8, 4) is 0 Å². The number of nitrogens with zero attached hydrogens (tertiary/aromatic N) is 2. The molecule has 6 nitrogen and oxygen atoms in total. The molecule has 7 heteroatoms. The number of thiophene rings is 1. The van der Waals surface area contributed by atoms with Gasteiger partial charge in [0.05, 0.1) is 17.9 Å². The Kier molecular flexibility index (Phi) is 5.30. The largest absolute Gasteiger partial charge is 0.336 e. The van der Waals surface area contributed by atoms with Gasteiger partial charge in [0.15, 0.2) is 0 Å². The first kappa shape index (κ1) is 16.0. The van der Waals surface area contributed by atoms with Crippen LogP contribution in [0.4, 0.5) is 10.5 Å². The highest BCUT2D eigenvalue weighted by molar-refractivity contribution is 7.10. The van der Waals surface area contributed by atoms with Gasteiger partial charge in [-0.25, -0.2) is 4.79 Å². The highest BCUT2D eigenvalue weighted by Gasteiger charge is 2.25. The van der Waals surface area contributed by atoms with Crippen LogP contribution >= 0.6 is 11.3 Å². The zero-order valence-electron chi connectivity index (χ0n) is 13.3. The van der Waals surface area contributed by atoms with E-state index in [9.17, 15) is 4.79 Å². The smallest absolute Gasteiger partial charge is 0.319 e. The van der Waals surface area contributed by atoms with Gasteiger partial charge in [-0.1, -0.05) is 13.0 Å². The summed E-state index contributed by atoms with van der Waals surface area (Å²) in [5.74, 6) is 0.799. The number of urea groups is 1. The van der Waals surface area contributed by atoms with Gasteiger partial charge in [0.25, 0.3) is 0 Å². The molecule has 23 heavy (non-hydrogen) atoms. The number of piperidine rings is 1. The predicted molar refractivity (Wildman–Crippen MR) is 92.6 cm³/mol. The Morgan fingerprint density at radius 2 is 2.35 bits per heavy atom. The Morgan fingerprint density at radius 3 is 3.00 bits per heavy atom. The lowest BCUT2D eigenvalue weighted by Gasteiger charge is -2.36. The number of rotatable bonds is 5. The summed E-state index contributed by atoms with van der Waals surface area (Å²) in [6.07, 6.45) is 5.69. The Bertz CT molecular complexity index is 590. The molecule has 0 spiro atoms. The number of anilines is 1. The number of hydrogen-bond donors (Lipinski definition) is 3. The van der Waals surface area contributed by atoms with Crippen LogP contribution in [0.25, 0.3) is 0 Å². The summed E-state index contributed by atoms with van der Waals surface area (Å²) < 4.78 is 0. The molecule has 0 bridgehead atoms. The van der Waals surface area contributed by atoms with Crippen molar-refractivity contribution in [1.82, 2.24) is 20.4 Å². The molecular weight excluding hydrogens is 310 g/mol. The minimum atomic E-state index is -0.196. The molecule has 3 rings (SSSR count). The summed E-state index contributed by atoms with van der Waals surface area (Å²) in [6, 6.07) is 4.28. The normalized spacial score (nSPS) is 17.8. The van der Waals surface area contributed by atoms with E-state index in [-0.39, 0.29) is 12.1 Å². The molecule has 1 saturated heterocycles. The molecule has 124 valence electrons. The summed E-state index contributed by atoms with van der Waals surface area (Å²) in [6.45, 7) is 5.11. The van der Waals surface area contributed by atoms with Crippen LogP contribution in [0.2, 0.25) is 0 Å². The lowest BCUT2D eigenvalue weighted by molar-refractivity contribution is 0.138. The van der Waals surface area contributed by atoms with E-state index < -0.39 is 0 Å². The highest BCUT2D eigenvalue weighted by atomic mass is 32.1. The molecular formula is C16H23N5OS. The van der Waals surface area contributed by atoms with E-state index in [4.69, 9.17) is 0 Å². The van der Waals surface area contributed by atoms with E-state index in [1.165, 1.54) is 17.7 Å². The van der Waals surface area contributed by atoms with E-state index in [1.807, 2.05) is 0 Å². The average molecular weight is 333 g/mol. The van der Waals surface area contributed by atoms with Crippen LogP contribution < -0.4 is 10.6 Å². The fraction of sp³-hybridized carbons (Fsp3) is 0.500. The van der Waals surface area contributed by atoms with Crippen LogP contribution in [0.1, 0.15) is 30.7 Å². The number of carbonyl (C=O) groups excluding carboxylic acids is 1. The van der Waals surface area contributed by atoms with Crippen molar-refractivity contribution in [2.75, 3.05) is 25.0 Å². The fourth-order valence-electron chi connectivity index (χ4n) is 2.91. The molecule has 0 aliphatic carbocycles. The number of hydrogen-bond acceptors (Lipinski definition) is 4. The molecule has 0 radical (unpaired) electrons. The summed E-state index contributed by atoms with van der Waals surface area (Å²) >= 11 is 1.75. The molecule has 1 aliphatic rings. The van der Waals surface area contributed by atoms with Crippen molar-refractivity contribution in [2.24, 2.45) is 5.92 Å². The second-order valence-corrected chi connectivity index (χ2v) is 7.05. The van der Waals surface area contributed by atoms with Crippen LogP contribution in [0.5, 0.6) is 0 Å². The van der Waals surface area contributed by atoms with Gasteiger partial charge in [0.2, 0.25) is 0 Å². The third-order valence-electron chi connectivity index (χ3n) is 4.34. The lowest BCUT2D eigenvalue weighted by Crippen LogP contribution is -2.42. The van der Waals surface area contributed by atoms with Gasteiger partial charge in [0.1, 0.15) is 0 Å². The molecule has 1 unspecified atom stereocenters. The minimum Gasteiger partial charge on any atom is -0.336 e. The third-order valence-corrected chi connectivity index (χ3v) is 5.32. The first-order chi connectivity index (χ1) is 11.2. The van der Waals surface area contributed by atoms with E-state index in [2.05, 4.69) is 50.2 Å². The lowest BCUT2D eigenvalue weighted by atomic mass is 9.97. The van der Waals surface area contributed by atoms with Gasteiger partial charge in [-0.05, 0) is 43.3 Å². The van der Waals surface area contributed by atoms with E-state index >= 15 is 0 Å². The van der Waals surface area contributed by atoms with Gasteiger partial charge in [-0.2, -0.15) is 5.10 Å². The molecule has 2 amide bonds. The maximum Gasteiger partial charge on any atom is 0.319 e. The third kappa shape index (κ3) is 4.33. The summed E-state index contributed by atoms with van der Waals surface area (Å²) in [4.78, 5) is 15.8. The van der Waals surface area contributed by atoms with Crippen molar-refractivity contribution in [3.05, 3.63) is 34.8 Å². The van der Waals surface area contributed by atoms with Crippen molar-refractivity contribution in [3.63, 3.8) is 0 Å². The Hall–Kier alpha value is -1.86. The number of carbonyl (C=O) groups is 1. The van der Waals surface area contributed by atoms with Crippen LogP contribution in [0.15, 0.2) is 29.9 Å². The first-order valence-corrected chi connectivity index (χ1v) is 8.91. The first-order valence-electron chi connectivity index (χ1n) is 8.03. The maximum absolute atomic E-state index is 12.0. The summed E-state index contributed by atoms with van der Waals surface area (Å²) in [7, 11) is 0. The van der Waals surface area contributed by atoms with Crippen LogP contribution in [-0.2, 0) is 0 Å². The number of aromatic nitrogens is 2. The fourth-order valence-corrected chi connectivity index (χ4v) is 3.78. The second kappa shape index (κ2) is 7.61. The van der Waals surface area contributed by atoms with Crippen molar-refractivity contribution >= 4 is 23.1 Å². The van der Waals surface area contributed by atoms with Gasteiger partial charge in [-0.3, -0.25) is 10.00 Å². The van der Waals surface area contributed by atoms with Crippen LogP contribution in [0.3, 0.4) is 0 Å². The minimum absolute atomic E-state index is 0.196. The summed E-state index contributed by atoms with van der Waals surface area (Å²) in [5.41, 5.74) is 0.668. The van der Waals surface area contributed by atoms with Gasteiger partial charge >= 0.3 is 6.03 Å². The molecule has 1 atom stereocenters. The number of amides is 2. The molecule has 1 aliphatic heterocycles. The molecule has 0 saturated carbocycles. The van der Waals surface area contributed by atoms with Crippen LogP contribution in [0, 0.1) is 5.92 Å². The van der Waals surface area contributed by atoms with E-state index in [0.717, 1.165) is 19.0 Å². The Balaban J connectivity index is 1.59. The zero-order chi connectivity index (χ0) is 16.1. The standard InChI is InChI=1S/C16H23N5OS/c1-12-4-6-21(7-5-12)14(15-3-2-8-23-15)11-17-16(22)20-13-9-18-19-10-13/h2-3,8-10,12,14H,4-7,11H2,1H3,(H,18,19)(H2,17,20,22).